The summed E-state index contributed by atoms with van der Waals surface area (Å²) in [6, 6.07) is 109. The molecule has 16 rings (SSSR count). The van der Waals surface area contributed by atoms with E-state index < -0.39 is 10.8 Å². The zero-order valence-electron chi connectivity index (χ0n) is 41.6. The molecule has 3 aliphatic rings. The molecule has 1 spiro atoms. The highest BCUT2D eigenvalue weighted by molar-refractivity contribution is 6.13. The van der Waals surface area contributed by atoms with E-state index in [1.165, 1.54) is 105 Å². The van der Waals surface area contributed by atoms with Crippen molar-refractivity contribution in [3.05, 3.63) is 336 Å². The third-order valence-corrected chi connectivity index (χ3v) is 17.1. The Balaban J connectivity index is 0.974. The van der Waals surface area contributed by atoms with Gasteiger partial charge in [-0.1, -0.05) is 243 Å². The molecule has 0 N–H and O–H groups in total. The molecule has 2 heterocycles. The molecule has 1 aliphatic heterocycles. The number of fused-ring (bicyclic) bond motifs is 15. The molecule has 76 heavy (non-hydrogen) atoms. The maximum absolute atomic E-state index is 2.54. The van der Waals surface area contributed by atoms with E-state index >= 15 is 0 Å². The monoisotopic (exact) mass is 964 g/mol. The van der Waals surface area contributed by atoms with Crippen molar-refractivity contribution in [3.8, 4) is 50.2 Å². The van der Waals surface area contributed by atoms with Crippen LogP contribution < -0.4 is 4.90 Å². The van der Waals surface area contributed by atoms with Gasteiger partial charge in [0.05, 0.1) is 33.2 Å². The third-order valence-electron chi connectivity index (χ3n) is 17.1. The number of anilines is 3. The molecule has 13 aromatic rings. The second-order valence-corrected chi connectivity index (χ2v) is 20.7. The van der Waals surface area contributed by atoms with Crippen LogP contribution in [0.2, 0.25) is 0 Å². The number of nitrogens with zero attached hydrogens (tertiary/aromatic N) is 2. The Morgan fingerprint density at radius 3 is 1.57 bits per heavy atom. The Hall–Kier alpha value is -9.76. The van der Waals surface area contributed by atoms with Gasteiger partial charge in [0.15, 0.2) is 0 Å². The van der Waals surface area contributed by atoms with Gasteiger partial charge in [-0.3, -0.25) is 0 Å². The standard InChI is InChI=1S/C74H48N2/c1-4-22-49(23-5-1)50-24-20-25-51(46-50)56-30-12-17-39-69(56)75(55-42-44-59-57-31-10-14-35-63(57)73(68(59)48-55,52-26-6-2-7-27-52)53-28-8-3-9-29-53)54-43-45-65-62(47-54)58-32-11-15-36-64(58)74(65)66-37-16-19-41-71(66)76-70-40-18-13-33-60(70)61-34-21-38-67(74)72(61)76/h1-48H. The Morgan fingerprint density at radius 2 is 0.789 bits per heavy atom. The van der Waals surface area contributed by atoms with Gasteiger partial charge >= 0.3 is 0 Å². The van der Waals surface area contributed by atoms with E-state index in [1.807, 2.05) is 0 Å². The highest BCUT2D eigenvalue weighted by Gasteiger charge is 2.51. The lowest BCUT2D eigenvalue weighted by Crippen LogP contribution is -2.33. The van der Waals surface area contributed by atoms with Crippen molar-refractivity contribution in [2.24, 2.45) is 0 Å². The smallest absolute Gasteiger partial charge is 0.0754 e. The summed E-state index contributed by atoms with van der Waals surface area (Å²) >= 11 is 0. The molecule has 0 radical (unpaired) electrons. The molecule has 0 saturated heterocycles. The maximum atomic E-state index is 2.54. The fourth-order valence-corrected chi connectivity index (χ4v) is 14.1. The molecule has 12 aromatic carbocycles. The summed E-state index contributed by atoms with van der Waals surface area (Å²) in [5, 5.41) is 2.56. The summed E-state index contributed by atoms with van der Waals surface area (Å²) in [5.41, 5.74) is 25.9. The van der Waals surface area contributed by atoms with E-state index in [4.69, 9.17) is 0 Å². The second-order valence-electron chi connectivity index (χ2n) is 20.7. The van der Waals surface area contributed by atoms with Crippen molar-refractivity contribution in [2.45, 2.75) is 10.8 Å². The first kappa shape index (κ1) is 42.7. The van der Waals surface area contributed by atoms with Gasteiger partial charge in [-0.2, -0.15) is 0 Å². The van der Waals surface area contributed by atoms with Crippen LogP contribution in [-0.4, -0.2) is 4.57 Å². The second kappa shape index (κ2) is 16.4. The minimum Gasteiger partial charge on any atom is -0.310 e. The maximum Gasteiger partial charge on any atom is 0.0754 e. The van der Waals surface area contributed by atoms with Gasteiger partial charge in [-0.25, -0.2) is 0 Å². The molecular formula is C74H48N2. The van der Waals surface area contributed by atoms with Crippen LogP contribution in [0.4, 0.5) is 17.1 Å². The summed E-state index contributed by atoms with van der Waals surface area (Å²) in [6.07, 6.45) is 0. The van der Waals surface area contributed by atoms with Crippen LogP contribution in [0, 0.1) is 0 Å². The fourth-order valence-electron chi connectivity index (χ4n) is 14.1. The zero-order valence-corrected chi connectivity index (χ0v) is 41.6. The fraction of sp³-hybridized carbons (Fsp3) is 0.0270. The predicted octanol–water partition coefficient (Wildman–Crippen LogP) is 18.6. The van der Waals surface area contributed by atoms with Crippen LogP contribution in [0.25, 0.3) is 72.0 Å². The Morgan fingerprint density at radius 1 is 0.276 bits per heavy atom. The number of rotatable bonds is 7. The van der Waals surface area contributed by atoms with Gasteiger partial charge in [0.1, 0.15) is 0 Å². The van der Waals surface area contributed by atoms with E-state index in [0.29, 0.717) is 0 Å². The van der Waals surface area contributed by atoms with Crippen LogP contribution in [0.3, 0.4) is 0 Å². The van der Waals surface area contributed by atoms with Crippen molar-refractivity contribution in [1.29, 1.82) is 0 Å². The molecule has 2 nitrogen and oxygen atoms in total. The number of hydrogen-bond acceptors (Lipinski definition) is 1. The van der Waals surface area contributed by atoms with Gasteiger partial charge in [0, 0.05) is 27.7 Å². The largest absolute Gasteiger partial charge is 0.310 e. The normalized spacial score (nSPS) is 15.0. The molecule has 0 amide bonds. The number of para-hydroxylation sites is 4. The molecule has 1 atom stereocenters. The van der Waals surface area contributed by atoms with Crippen molar-refractivity contribution in [3.63, 3.8) is 0 Å². The van der Waals surface area contributed by atoms with E-state index in [0.717, 1.165) is 28.2 Å². The SMILES string of the molecule is c1ccc(-c2cccc(-c3ccccc3N(c3ccc4c(c3)-c3ccccc3C43c4ccccc4-n4c5ccccc5c5cccc3c54)c3ccc4c(c3)C(c3ccccc3)(c3ccccc3)c3ccccc3-4)c2)cc1. The summed E-state index contributed by atoms with van der Waals surface area (Å²) in [4.78, 5) is 2.54. The minimum atomic E-state index is -0.569. The minimum absolute atomic E-state index is 0.560. The van der Waals surface area contributed by atoms with Gasteiger partial charge in [0.25, 0.3) is 0 Å². The van der Waals surface area contributed by atoms with Crippen molar-refractivity contribution in [2.75, 3.05) is 4.90 Å². The van der Waals surface area contributed by atoms with Crippen molar-refractivity contribution in [1.82, 2.24) is 4.57 Å². The number of aromatic nitrogens is 1. The average molecular weight is 965 g/mol. The first-order valence-electron chi connectivity index (χ1n) is 26.5. The lowest BCUT2D eigenvalue weighted by atomic mass is 9.65. The number of benzene rings is 12. The Kier molecular flexibility index (Phi) is 9.20. The summed E-state index contributed by atoms with van der Waals surface area (Å²) < 4.78 is 2.53. The molecule has 1 unspecified atom stereocenters. The van der Waals surface area contributed by atoms with Gasteiger partial charge in [-0.05, 0) is 132 Å². The molecule has 0 fully saturated rings. The van der Waals surface area contributed by atoms with E-state index in [1.54, 1.807) is 0 Å². The van der Waals surface area contributed by atoms with E-state index in [9.17, 15) is 0 Å². The van der Waals surface area contributed by atoms with Crippen LogP contribution in [0.5, 0.6) is 0 Å². The first-order valence-corrected chi connectivity index (χ1v) is 26.5. The Bertz CT molecular complexity index is 4430. The lowest BCUT2D eigenvalue weighted by Gasteiger charge is -2.39. The lowest BCUT2D eigenvalue weighted by molar-refractivity contribution is 0.748. The summed E-state index contributed by atoms with van der Waals surface area (Å²) in [5.74, 6) is 0. The summed E-state index contributed by atoms with van der Waals surface area (Å²) in [6.45, 7) is 0. The van der Waals surface area contributed by atoms with Gasteiger partial charge in [-0.15, -0.1) is 0 Å². The highest BCUT2D eigenvalue weighted by Crippen LogP contribution is 2.63. The quantitative estimate of drug-likeness (QED) is 0.155. The zero-order chi connectivity index (χ0) is 50.0. The summed E-state index contributed by atoms with van der Waals surface area (Å²) in [7, 11) is 0. The van der Waals surface area contributed by atoms with Crippen molar-refractivity contribution < 1.29 is 0 Å². The molecule has 1 aromatic heterocycles. The molecule has 2 heteroatoms. The Labute approximate surface area is 442 Å². The predicted molar refractivity (Wildman–Crippen MR) is 315 cm³/mol. The topological polar surface area (TPSA) is 8.17 Å². The van der Waals surface area contributed by atoms with Gasteiger partial charge < -0.3 is 9.47 Å². The molecule has 354 valence electrons. The van der Waals surface area contributed by atoms with E-state index in [2.05, 4.69) is 301 Å². The first-order chi connectivity index (χ1) is 37.7. The van der Waals surface area contributed by atoms with Crippen LogP contribution in [0.15, 0.2) is 291 Å². The molecule has 0 saturated carbocycles. The van der Waals surface area contributed by atoms with Crippen LogP contribution in [-0.2, 0) is 10.8 Å². The average Bonchev–Trinajstić information content (AvgIpc) is 4.32. The van der Waals surface area contributed by atoms with Gasteiger partial charge in [0.2, 0.25) is 0 Å². The molecular weight excluding hydrogens is 917 g/mol. The van der Waals surface area contributed by atoms with Crippen LogP contribution in [0.1, 0.15) is 44.5 Å². The number of hydrogen-bond donors (Lipinski definition) is 0. The van der Waals surface area contributed by atoms with E-state index in [-0.39, 0.29) is 0 Å². The highest BCUT2D eigenvalue weighted by atomic mass is 15.1. The van der Waals surface area contributed by atoms with Crippen LogP contribution >= 0.6 is 0 Å². The van der Waals surface area contributed by atoms with Crippen molar-refractivity contribution >= 4 is 38.9 Å². The molecule has 2 aliphatic carbocycles. The third kappa shape index (κ3) is 5.76. The molecule has 0 bridgehead atoms.